The Hall–Kier alpha value is -2.95. The molecule has 1 amide bonds. The van der Waals surface area contributed by atoms with E-state index in [1.807, 2.05) is 18.2 Å². The molecule has 0 radical (unpaired) electrons. The van der Waals surface area contributed by atoms with Gasteiger partial charge in [-0.1, -0.05) is 30.4 Å². The lowest BCUT2D eigenvalue weighted by molar-refractivity contribution is -0.384. The van der Waals surface area contributed by atoms with Crippen LogP contribution in [0, 0.1) is 10.1 Å². The van der Waals surface area contributed by atoms with Crippen LogP contribution in [0.4, 0.5) is 5.69 Å². The smallest absolute Gasteiger partial charge is 0.269 e. The molecule has 0 bridgehead atoms. The van der Waals surface area contributed by atoms with Crippen LogP contribution < -0.4 is 5.32 Å². The molecule has 0 aromatic heterocycles. The number of non-ortho nitro benzene ring substituents is 1. The van der Waals surface area contributed by atoms with E-state index in [0.717, 1.165) is 5.56 Å². The Morgan fingerprint density at radius 3 is 2.38 bits per heavy atom. The van der Waals surface area contributed by atoms with Gasteiger partial charge < -0.3 is 5.32 Å². The molecule has 0 fully saturated rings. The Balaban J connectivity index is 1.85. The number of carbonyl (C=O) groups excluding carboxylic acids is 1. The maximum atomic E-state index is 11.8. The van der Waals surface area contributed by atoms with E-state index in [4.69, 9.17) is 0 Å². The molecule has 0 heterocycles. The maximum absolute atomic E-state index is 11.8. The number of hydrogen-bond donors (Lipinski definition) is 1. The van der Waals surface area contributed by atoms with Crippen LogP contribution in [0.3, 0.4) is 0 Å². The highest BCUT2D eigenvalue weighted by Crippen LogP contribution is 2.12. The van der Waals surface area contributed by atoms with Crippen LogP contribution in [0.2, 0.25) is 0 Å². The van der Waals surface area contributed by atoms with Crippen LogP contribution in [0.1, 0.15) is 15.9 Å². The zero-order chi connectivity index (χ0) is 15.1. The highest BCUT2D eigenvalue weighted by Gasteiger charge is 2.03. The van der Waals surface area contributed by atoms with Crippen LogP contribution in [0.15, 0.2) is 60.7 Å². The van der Waals surface area contributed by atoms with Crippen molar-refractivity contribution in [2.75, 3.05) is 6.54 Å². The molecular weight excluding hydrogens is 268 g/mol. The second-order valence-electron chi connectivity index (χ2n) is 4.33. The number of nitro benzene ring substituents is 1. The molecule has 2 rings (SSSR count). The molecule has 0 aliphatic rings. The number of amides is 1. The molecular formula is C16H14N2O3. The normalized spacial score (nSPS) is 10.5. The molecule has 0 spiro atoms. The van der Waals surface area contributed by atoms with Crippen LogP contribution in [0.5, 0.6) is 0 Å². The van der Waals surface area contributed by atoms with Gasteiger partial charge in [0, 0.05) is 24.2 Å². The molecule has 1 N–H and O–H groups in total. The van der Waals surface area contributed by atoms with Gasteiger partial charge in [-0.15, -0.1) is 0 Å². The topological polar surface area (TPSA) is 72.2 Å². The van der Waals surface area contributed by atoms with Crippen molar-refractivity contribution in [1.29, 1.82) is 0 Å². The fourth-order valence-electron chi connectivity index (χ4n) is 1.75. The lowest BCUT2D eigenvalue weighted by atomic mass is 10.2. The summed E-state index contributed by atoms with van der Waals surface area (Å²) in [6.07, 6.45) is 3.59. The SMILES string of the molecule is O=C(NC/C=C/c1ccc([N+](=O)[O-])cc1)c1ccccc1. The van der Waals surface area contributed by atoms with Crippen LogP contribution >= 0.6 is 0 Å². The van der Waals surface area contributed by atoms with E-state index in [1.165, 1.54) is 12.1 Å². The molecule has 0 saturated carbocycles. The molecule has 2 aromatic carbocycles. The van der Waals surface area contributed by atoms with Crippen molar-refractivity contribution in [1.82, 2.24) is 5.32 Å². The number of rotatable bonds is 5. The van der Waals surface area contributed by atoms with E-state index < -0.39 is 4.92 Å². The molecule has 0 saturated heterocycles. The summed E-state index contributed by atoms with van der Waals surface area (Å²) in [5, 5.41) is 13.3. The van der Waals surface area contributed by atoms with Gasteiger partial charge in [-0.05, 0) is 29.8 Å². The molecule has 0 atom stereocenters. The first-order valence-corrected chi connectivity index (χ1v) is 6.41. The lowest BCUT2D eigenvalue weighted by Crippen LogP contribution is -2.23. The van der Waals surface area contributed by atoms with E-state index in [2.05, 4.69) is 5.32 Å². The monoisotopic (exact) mass is 282 g/mol. The van der Waals surface area contributed by atoms with Gasteiger partial charge >= 0.3 is 0 Å². The number of carbonyl (C=O) groups is 1. The van der Waals surface area contributed by atoms with E-state index in [1.54, 1.807) is 36.4 Å². The molecule has 0 unspecified atom stereocenters. The standard InChI is InChI=1S/C16H14N2O3/c19-16(14-6-2-1-3-7-14)17-12-4-5-13-8-10-15(11-9-13)18(20)21/h1-11H,12H2,(H,17,19)/b5-4+. The Morgan fingerprint density at radius 1 is 1.10 bits per heavy atom. The first-order chi connectivity index (χ1) is 10.2. The van der Waals surface area contributed by atoms with Gasteiger partial charge in [-0.25, -0.2) is 0 Å². The Labute approximate surface area is 122 Å². The van der Waals surface area contributed by atoms with Crippen LogP contribution in [-0.4, -0.2) is 17.4 Å². The largest absolute Gasteiger partial charge is 0.349 e. The minimum atomic E-state index is -0.437. The van der Waals surface area contributed by atoms with E-state index in [9.17, 15) is 14.9 Å². The van der Waals surface area contributed by atoms with Crippen molar-refractivity contribution >= 4 is 17.7 Å². The summed E-state index contributed by atoms with van der Waals surface area (Å²) < 4.78 is 0. The van der Waals surface area contributed by atoms with Crippen molar-refractivity contribution in [2.24, 2.45) is 0 Å². The molecule has 0 aliphatic carbocycles. The Bertz CT molecular complexity index is 649. The van der Waals surface area contributed by atoms with Crippen molar-refractivity contribution in [3.8, 4) is 0 Å². The number of nitrogens with zero attached hydrogens (tertiary/aromatic N) is 1. The summed E-state index contributed by atoms with van der Waals surface area (Å²) in [7, 11) is 0. The highest BCUT2D eigenvalue weighted by molar-refractivity contribution is 5.94. The minimum Gasteiger partial charge on any atom is -0.349 e. The first-order valence-electron chi connectivity index (χ1n) is 6.41. The third-order valence-corrected chi connectivity index (χ3v) is 2.83. The van der Waals surface area contributed by atoms with E-state index >= 15 is 0 Å². The van der Waals surface area contributed by atoms with Crippen LogP contribution in [0.25, 0.3) is 6.08 Å². The quantitative estimate of drug-likeness (QED) is 0.676. The predicted octanol–water partition coefficient (Wildman–Crippen LogP) is 3.04. The number of benzene rings is 2. The molecule has 21 heavy (non-hydrogen) atoms. The lowest BCUT2D eigenvalue weighted by Gasteiger charge is -2.01. The van der Waals surface area contributed by atoms with Gasteiger partial charge in [0.05, 0.1) is 4.92 Å². The predicted molar refractivity (Wildman–Crippen MR) is 80.9 cm³/mol. The zero-order valence-electron chi connectivity index (χ0n) is 11.2. The summed E-state index contributed by atoms with van der Waals surface area (Å²) in [4.78, 5) is 21.8. The van der Waals surface area contributed by atoms with Gasteiger partial charge in [0.15, 0.2) is 0 Å². The maximum Gasteiger partial charge on any atom is 0.269 e. The Morgan fingerprint density at radius 2 is 1.76 bits per heavy atom. The number of nitro groups is 1. The van der Waals surface area contributed by atoms with Gasteiger partial charge in [0.1, 0.15) is 0 Å². The minimum absolute atomic E-state index is 0.0598. The average Bonchev–Trinajstić information content (AvgIpc) is 2.52. The second-order valence-corrected chi connectivity index (χ2v) is 4.33. The second kappa shape index (κ2) is 7.00. The Kier molecular flexibility index (Phi) is 4.82. The molecule has 5 heteroatoms. The van der Waals surface area contributed by atoms with Crippen molar-refractivity contribution < 1.29 is 9.72 Å². The highest BCUT2D eigenvalue weighted by atomic mass is 16.6. The van der Waals surface area contributed by atoms with Gasteiger partial charge in [-0.3, -0.25) is 14.9 Å². The summed E-state index contributed by atoms with van der Waals surface area (Å²) >= 11 is 0. The molecule has 106 valence electrons. The van der Waals surface area contributed by atoms with Crippen LogP contribution in [-0.2, 0) is 0 Å². The fraction of sp³-hybridized carbons (Fsp3) is 0.0625. The van der Waals surface area contributed by atoms with Crippen molar-refractivity contribution in [2.45, 2.75) is 0 Å². The molecule has 0 aliphatic heterocycles. The number of nitrogens with one attached hydrogen (secondary N) is 1. The fourth-order valence-corrected chi connectivity index (χ4v) is 1.75. The summed E-state index contributed by atoms with van der Waals surface area (Å²) in [5.41, 5.74) is 1.51. The van der Waals surface area contributed by atoms with Gasteiger partial charge in [0.25, 0.3) is 11.6 Å². The third kappa shape index (κ3) is 4.28. The summed E-state index contributed by atoms with van der Waals surface area (Å²) in [6.45, 7) is 0.394. The van der Waals surface area contributed by atoms with Crippen molar-refractivity contribution in [3.63, 3.8) is 0 Å². The average molecular weight is 282 g/mol. The molecule has 5 nitrogen and oxygen atoms in total. The summed E-state index contributed by atoms with van der Waals surface area (Å²) in [5.74, 6) is -0.135. The third-order valence-electron chi connectivity index (χ3n) is 2.83. The van der Waals surface area contributed by atoms with E-state index in [0.29, 0.717) is 12.1 Å². The van der Waals surface area contributed by atoms with Gasteiger partial charge in [0.2, 0.25) is 0 Å². The summed E-state index contributed by atoms with van der Waals surface area (Å²) in [6, 6.07) is 15.2. The number of hydrogen-bond acceptors (Lipinski definition) is 3. The van der Waals surface area contributed by atoms with Gasteiger partial charge in [-0.2, -0.15) is 0 Å². The molecule has 2 aromatic rings. The zero-order valence-corrected chi connectivity index (χ0v) is 11.2. The van der Waals surface area contributed by atoms with E-state index in [-0.39, 0.29) is 11.6 Å². The van der Waals surface area contributed by atoms with Crippen molar-refractivity contribution in [3.05, 3.63) is 81.9 Å². The first kappa shape index (κ1) is 14.5.